The number of carbonyl (C=O) groups is 2. The fraction of sp³-hybridized carbons (Fsp3) is 0.467. The van der Waals surface area contributed by atoms with Crippen molar-refractivity contribution < 1.29 is 19.8 Å². The summed E-state index contributed by atoms with van der Waals surface area (Å²) in [4.78, 5) is 24.9. The summed E-state index contributed by atoms with van der Waals surface area (Å²) in [7, 11) is 0. The lowest BCUT2D eigenvalue weighted by Gasteiger charge is -2.21. The SMILES string of the molecule is O=C(O)[C@H]1C[C@H](O)CN1C(=O)c1ccc2c(c1)CCC2. The van der Waals surface area contributed by atoms with Crippen molar-refractivity contribution in [2.75, 3.05) is 6.54 Å². The monoisotopic (exact) mass is 275 g/mol. The van der Waals surface area contributed by atoms with Gasteiger partial charge in [0.1, 0.15) is 6.04 Å². The Hall–Kier alpha value is -1.88. The zero-order valence-corrected chi connectivity index (χ0v) is 11.1. The minimum Gasteiger partial charge on any atom is -0.480 e. The van der Waals surface area contributed by atoms with Gasteiger partial charge in [-0.3, -0.25) is 4.79 Å². The molecule has 3 rings (SSSR count). The summed E-state index contributed by atoms with van der Waals surface area (Å²) in [6.45, 7) is 0.0902. The third kappa shape index (κ3) is 2.18. The van der Waals surface area contributed by atoms with E-state index in [1.54, 1.807) is 6.07 Å². The molecule has 0 spiro atoms. The van der Waals surface area contributed by atoms with E-state index in [4.69, 9.17) is 5.11 Å². The lowest BCUT2D eigenvalue weighted by Crippen LogP contribution is -2.40. The number of carboxylic acids is 1. The van der Waals surface area contributed by atoms with Gasteiger partial charge in [0.05, 0.1) is 6.10 Å². The highest BCUT2D eigenvalue weighted by Gasteiger charge is 2.39. The molecule has 0 saturated carbocycles. The van der Waals surface area contributed by atoms with Crippen LogP contribution in [0.4, 0.5) is 0 Å². The Morgan fingerprint density at radius 3 is 2.70 bits per heavy atom. The van der Waals surface area contributed by atoms with E-state index in [0.29, 0.717) is 5.56 Å². The van der Waals surface area contributed by atoms with E-state index in [0.717, 1.165) is 19.3 Å². The molecule has 1 aliphatic carbocycles. The van der Waals surface area contributed by atoms with Crippen LogP contribution in [0.5, 0.6) is 0 Å². The third-order valence-electron chi connectivity index (χ3n) is 4.17. The van der Waals surface area contributed by atoms with Crippen molar-refractivity contribution in [1.82, 2.24) is 4.90 Å². The van der Waals surface area contributed by atoms with Crippen LogP contribution < -0.4 is 0 Å². The molecule has 1 aliphatic heterocycles. The number of hydrogen-bond acceptors (Lipinski definition) is 3. The molecule has 2 N–H and O–H groups in total. The molecule has 20 heavy (non-hydrogen) atoms. The van der Waals surface area contributed by atoms with Crippen LogP contribution in [0.1, 0.15) is 34.3 Å². The number of carbonyl (C=O) groups excluding carboxylic acids is 1. The van der Waals surface area contributed by atoms with E-state index < -0.39 is 18.1 Å². The molecule has 1 amide bonds. The number of carboxylic acid groups (broad SMARTS) is 1. The summed E-state index contributed by atoms with van der Waals surface area (Å²) in [6, 6.07) is 4.66. The molecular weight excluding hydrogens is 258 g/mol. The molecule has 106 valence electrons. The van der Waals surface area contributed by atoms with Crippen molar-refractivity contribution in [3.63, 3.8) is 0 Å². The van der Waals surface area contributed by atoms with E-state index in [1.165, 1.54) is 16.0 Å². The van der Waals surface area contributed by atoms with Crippen molar-refractivity contribution in [2.45, 2.75) is 37.8 Å². The van der Waals surface area contributed by atoms with Crippen LogP contribution in [0.25, 0.3) is 0 Å². The molecular formula is C15H17NO4. The Balaban J connectivity index is 1.86. The van der Waals surface area contributed by atoms with E-state index in [9.17, 15) is 14.7 Å². The first-order chi connectivity index (χ1) is 9.56. The van der Waals surface area contributed by atoms with E-state index in [-0.39, 0.29) is 18.9 Å². The number of aliphatic carboxylic acids is 1. The fourth-order valence-electron chi connectivity index (χ4n) is 3.14. The minimum absolute atomic E-state index is 0.0902. The second-order valence-electron chi connectivity index (χ2n) is 5.54. The topological polar surface area (TPSA) is 77.8 Å². The Morgan fingerprint density at radius 2 is 1.95 bits per heavy atom. The number of aryl methyl sites for hydroxylation is 2. The quantitative estimate of drug-likeness (QED) is 0.838. The number of nitrogens with zero attached hydrogens (tertiary/aromatic N) is 1. The number of amides is 1. The van der Waals surface area contributed by atoms with Crippen molar-refractivity contribution >= 4 is 11.9 Å². The molecule has 2 aliphatic rings. The average molecular weight is 275 g/mol. The van der Waals surface area contributed by atoms with Gasteiger partial charge in [-0.2, -0.15) is 0 Å². The van der Waals surface area contributed by atoms with Crippen molar-refractivity contribution in [2.24, 2.45) is 0 Å². The van der Waals surface area contributed by atoms with Crippen molar-refractivity contribution in [1.29, 1.82) is 0 Å². The van der Waals surface area contributed by atoms with Crippen LogP contribution in [0, 0.1) is 0 Å². The maximum atomic E-state index is 12.5. The second-order valence-corrected chi connectivity index (χ2v) is 5.54. The normalized spacial score (nSPS) is 24.8. The molecule has 1 fully saturated rings. The summed E-state index contributed by atoms with van der Waals surface area (Å²) in [5, 5.41) is 18.8. The first kappa shape index (κ1) is 13.1. The van der Waals surface area contributed by atoms with Gasteiger partial charge in [0.15, 0.2) is 0 Å². The first-order valence-electron chi connectivity index (χ1n) is 6.90. The highest BCUT2D eigenvalue weighted by Crippen LogP contribution is 2.25. The summed E-state index contributed by atoms with van der Waals surface area (Å²) >= 11 is 0. The summed E-state index contributed by atoms with van der Waals surface area (Å²) in [5.41, 5.74) is 2.98. The molecule has 0 unspecified atom stereocenters. The van der Waals surface area contributed by atoms with Crippen LogP contribution in [0.2, 0.25) is 0 Å². The Kier molecular flexibility index (Phi) is 3.22. The maximum absolute atomic E-state index is 12.5. The number of β-amino-alcohol motifs (C(OH)–C–C–N with tert-alkyl or cyclic N) is 1. The van der Waals surface area contributed by atoms with Gasteiger partial charge in [-0.05, 0) is 42.5 Å². The molecule has 5 nitrogen and oxygen atoms in total. The first-order valence-corrected chi connectivity index (χ1v) is 6.90. The van der Waals surface area contributed by atoms with Crippen LogP contribution >= 0.6 is 0 Å². The molecule has 0 aromatic heterocycles. The van der Waals surface area contributed by atoms with Crippen molar-refractivity contribution in [3.05, 3.63) is 34.9 Å². The van der Waals surface area contributed by atoms with Gasteiger partial charge in [-0.25, -0.2) is 4.79 Å². The van der Waals surface area contributed by atoms with E-state index in [1.807, 2.05) is 12.1 Å². The van der Waals surface area contributed by atoms with Crippen LogP contribution in [-0.2, 0) is 17.6 Å². The predicted octanol–water partition coefficient (Wildman–Crippen LogP) is 0.835. The maximum Gasteiger partial charge on any atom is 0.326 e. The number of aliphatic hydroxyl groups is 1. The largest absolute Gasteiger partial charge is 0.480 e. The predicted molar refractivity (Wildman–Crippen MR) is 71.6 cm³/mol. The molecule has 2 atom stereocenters. The van der Waals surface area contributed by atoms with Crippen LogP contribution in [-0.4, -0.2) is 45.7 Å². The minimum atomic E-state index is -1.06. The molecule has 1 heterocycles. The van der Waals surface area contributed by atoms with Gasteiger partial charge >= 0.3 is 5.97 Å². The molecule has 1 aromatic carbocycles. The van der Waals surface area contributed by atoms with Gasteiger partial charge in [-0.1, -0.05) is 6.07 Å². The zero-order chi connectivity index (χ0) is 14.3. The number of benzene rings is 1. The van der Waals surface area contributed by atoms with Gasteiger partial charge in [-0.15, -0.1) is 0 Å². The fourth-order valence-corrected chi connectivity index (χ4v) is 3.14. The Morgan fingerprint density at radius 1 is 1.20 bits per heavy atom. The Bertz CT molecular complexity index is 569. The third-order valence-corrected chi connectivity index (χ3v) is 4.17. The highest BCUT2D eigenvalue weighted by molar-refractivity contribution is 5.97. The van der Waals surface area contributed by atoms with Gasteiger partial charge < -0.3 is 15.1 Å². The second kappa shape index (κ2) is 4.90. The number of hydrogen-bond donors (Lipinski definition) is 2. The summed E-state index contributed by atoms with van der Waals surface area (Å²) < 4.78 is 0. The van der Waals surface area contributed by atoms with Gasteiger partial charge in [0.2, 0.25) is 0 Å². The standard InChI is InChI=1S/C15H17NO4/c17-12-7-13(15(19)20)16(8-12)14(18)11-5-4-9-2-1-3-10(9)6-11/h4-6,12-13,17H,1-3,7-8H2,(H,19,20)/t12-,13+/m0/s1. The highest BCUT2D eigenvalue weighted by atomic mass is 16.4. The smallest absolute Gasteiger partial charge is 0.326 e. The number of rotatable bonds is 2. The molecule has 1 saturated heterocycles. The van der Waals surface area contributed by atoms with E-state index in [2.05, 4.69) is 0 Å². The molecule has 5 heteroatoms. The van der Waals surface area contributed by atoms with E-state index >= 15 is 0 Å². The number of likely N-dealkylation sites (tertiary alicyclic amines) is 1. The van der Waals surface area contributed by atoms with Crippen LogP contribution in [0.3, 0.4) is 0 Å². The van der Waals surface area contributed by atoms with Crippen LogP contribution in [0.15, 0.2) is 18.2 Å². The lowest BCUT2D eigenvalue weighted by atomic mass is 10.1. The molecule has 1 aromatic rings. The number of fused-ring (bicyclic) bond motifs is 1. The number of aliphatic hydroxyl groups excluding tert-OH is 1. The average Bonchev–Trinajstić information content (AvgIpc) is 3.02. The Labute approximate surface area is 116 Å². The summed E-state index contributed by atoms with van der Waals surface area (Å²) in [6.07, 6.45) is 2.47. The summed E-state index contributed by atoms with van der Waals surface area (Å²) in [5.74, 6) is -1.36. The molecule has 0 radical (unpaired) electrons. The van der Waals surface area contributed by atoms with Gasteiger partial charge in [0, 0.05) is 18.5 Å². The van der Waals surface area contributed by atoms with Crippen molar-refractivity contribution in [3.8, 4) is 0 Å². The zero-order valence-electron chi connectivity index (χ0n) is 11.1. The molecule has 0 bridgehead atoms. The van der Waals surface area contributed by atoms with Gasteiger partial charge in [0.25, 0.3) is 5.91 Å². The lowest BCUT2D eigenvalue weighted by molar-refractivity contribution is -0.141.